The lowest BCUT2D eigenvalue weighted by Gasteiger charge is -2.13. The van der Waals surface area contributed by atoms with E-state index >= 15 is 0 Å². The van der Waals surface area contributed by atoms with Gasteiger partial charge >= 0.3 is 0 Å². The number of aromatic nitrogens is 1. The van der Waals surface area contributed by atoms with Crippen molar-refractivity contribution in [2.45, 2.75) is 33.7 Å². The largest absolute Gasteiger partial charge is 0.397 e. The van der Waals surface area contributed by atoms with Crippen LogP contribution < -0.4 is 5.73 Å². The molecule has 2 N–H and O–H groups in total. The number of rotatable bonds is 3. The second kappa shape index (κ2) is 6.13. The summed E-state index contributed by atoms with van der Waals surface area (Å²) in [7, 11) is 0. The van der Waals surface area contributed by atoms with Gasteiger partial charge in [-0.05, 0) is 25.8 Å². The van der Waals surface area contributed by atoms with Crippen LogP contribution in [0.3, 0.4) is 0 Å². The van der Waals surface area contributed by atoms with Crippen LogP contribution in [0.4, 0.5) is 5.69 Å². The third-order valence-corrected chi connectivity index (χ3v) is 5.00. The molecule has 0 saturated heterocycles. The molecule has 4 nitrogen and oxygen atoms in total. The molecule has 1 aromatic heterocycles. The highest BCUT2D eigenvalue weighted by atomic mass is 16.2. The van der Waals surface area contributed by atoms with Gasteiger partial charge in [0.2, 0.25) is 0 Å². The van der Waals surface area contributed by atoms with Gasteiger partial charge in [-0.25, -0.2) is 4.98 Å². The van der Waals surface area contributed by atoms with Crippen LogP contribution >= 0.6 is 0 Å². The van der Waals surface area contributed by atoms with Gasteiger partial charge in [-0.15, -0.1) is 0 Å². The molecule has 132 valence electrons. The number of carbonyl (C=O) groups excluding carboxylic acids is 1. The van der Waals surface area contributed by atoms with Crippen molar-refractivity contribution in [1.29, 1.82) is 0 Å². The van der Waals surface area contributed by atoms with Gasteiger partial charge in [0.05, 0.1) is 29.0 Å². The van der Waals surface area contributed by atoms with Crippen LogP contribution in [0.1, 0.15) is 40.5 Å². The quantitative estimate of drug-likeness (QED) is 0.762. The van der Waals surface area contributed by atoms with Gasteiger partial charge in [-0.3, -0.25) is 4.79 Å². The van der Waals surface area contributed by atoms with E-state index in [-0.39, 0.29) is 5.91 Å². The lowest BCUT2D eigenvalue weighted by Crippen LogP contribution is -2.24. The minimum Gasteiger partial charge on any atom is -0.397 e. The van der Waals surface area contributed by atoms with Crippen LogP contribution in [0.2, 0.25) is 0 Å². The van der Waals surface area contributed by atoms with Crippen molar-refractivity contribution in [1.82, 2.24) is 9.88 Å². The number of anilines is 1. The molecule has 3 aromatic rings. The Hall–Kier alpha value is -2.88. The maximum atomic E-state index is 12.7. The monoisotopic (exact) mass is 345 g/mol. The Labute approximate surface area is 153 Å². The Morgan fingerprint density at radius 2 is 1.88 bits per heavy atom. The van der Waals surface area contributed by atoms with Crippen molar-refractivity contribution in [3.63, 3.8) is 0 Å². The number of carbonyl (C=O) groups is 1. The molecular weight excluding hydrogens is 322 g/mol. The highest BCUT2D eigenvalue weighted by Gasteiger charge is 2.31. The summed E-state index contributed by atoms with van der Waals surface area (Å²) in [6.07, 6.45) is 0.924. The van der Waals surface area contributed by atoms with Gasteiger partial charge in [-0.2, -0.15) is 0 Å². The van der Waals surface area contributed by atoms with Crippen molar-refractivity contribution in [2.24, 2.45) is 0 Å². The number of nitrogens with two attached hydrogens (primary N) is 1. The molecule has 1 aliphatic heterocycles. The van der Waals surface area contributed by atoms with E-state index in [0.717, 1.165) is 40.7 Å². The van der Waals surface area contributed by atoms with Gasteiger partial charge < -0.3 is 10.6 Å². The van der Waals surface area contributed by atoms with Crippen LogP contribution in [0, 0.1) is 13.8 Å². The minimum atomic E-state index is 0.00514. The number of hydrogen-bond acceptors (Lipinski definition) is 3. The number of nitrogen functional groups attached to an aromatic ring is 1. The fourth-order valence-corrected chi connectivity index (χ4v) is 3.94. The summed E-state index contributed by atoms with van der Waals surface area (Å²) >= 11 is 0. The molecule has 0 radical (unpaired) electrons. The molecule has 0 unspecified atom stereocenters. The van der Waals surface area contributed by atoms with Crippen molar-refractivity contribution in [2.75, 3.05) is 12.3 Å². The third kappa shape index (κ3) is 2.53. The first-order chi connectivity index (χ1) is 12.5. The zero-order chi connectivity index (χ0) is 18.4. The SMILES string of the molecule is CCCN1Cc2nc3c(-c4cc(C)cc(C)c4)cccc3c(N)c2C1=O. The topological polar surface area (TPSA) is 59.2 Å². The summed E-state index contributed by atoms with van der Waals surface area (Å²) < 4.78 is 0. The van der Waals surface area contributed by atoms with E-state index in [4.69, 9.17) is 10.7 Å². The molecule has 4 rings (SSSR count). The van der Waals surface area contributed by atoms with Gasteiger partial charge in [-0.1, -0.05) is 54.4 Å². The molecular formula is C22H23N3O. The number of pyridine rings is 1. The average molecular weight is 345 g/mol. The summed E-state index contributed by atoms with van der Waals surface area (Å²) in [4.78, 5) is 19.4. The van der Waals surface area contributed by atoms with Crippen LogP contribution in [0.15, 0.2) is 36.4 Å². The summed E-state index contributed by atoms with van der Waals surface area (Å²) in [5, 5.41) is 0.854. The molecule has 0 aliphatic carbocycles. The minimum absolute atomic E-state index is 0.00514. The normalized spacial score (nSPS) is 13.5. The summed E-state index contributed by atoms with van der Waals surface area (Å²) in [5.41, 5.74) is 13.9. The van der Waals surface area contributed by atoms with E-state index in [2.05, 4.69) is 45.0 Å². The summed E-state index contributed by atoms with van der Waals surface area (Å²) in [6, 6.07) is 12.5. The third-order valence-electron chi connectivity index (χ3n) is 5.00. The van der Waals surface area contributed by atoms with Gasteiger partial charge in [0.25, 0.3) is 5.91 Å². The Morgan fingerprint density at radius 1 is 1.15 bits per heavy atom. The van der Waals surface area contributed by atoms with Crippen LogP contribution in [-0.2, 0) is 6.54 Å². The van der Waals surface area contributed by atoms with E-state index in [1.54, 1.807) is 0 Å². The van der Waals surface area contributed by atoms with Crippen molar-refractivity contribution >= 4 is 22.5 Å². The van der Waals surface area contributed by atoms with E-state index < -0.39 is 0 Å². The van der Waals surface area contributed by atoms with E-state index in [9.17, 15) is 4.79 Å². The molecule has 2 aromatic carbocycles. The van der Waals surface area contributed by atoms with E-state index in [1.165, 1.54) is 11.1 Å². The molecule has 0 saturated carbocycles. The predicted molar refractivity (Wildman–Crippen MR) is 106 cm³/mol. The number of aryl methyl sites for hydroxylation is 2. The highest BCUT2D eigenvalue weighted by Crippen LogP contribution is 2.36. The van der Waals surface area contributed by atoms with Gasteiger partial charge in [0, 0.05) is 17.5 Å². The predicted octanol–water partition coefficient (Wildman–Crippen LogP) is 4.47. The molecule has 4 heteroatoms. The number of para-hydroxylation sites is 1. The molecule has 26 heavy (non-hydrogen) atoms. The van der Waals surface area contributed by atoms with Crippen LogP contribution in [0.25, 0.3) is 22.0 Å². The first-order valence-corrected chi connectivity index (χ1v) is 9.08. The first-order valence-electron chi connectivity index (χ1n) is 9.08. The lowest BCUT2D eigenvalue weighted by atomic mass is 9.96. The maximum absolute atomic E-state index is 12.7. The van der Waals surface area contributed by atoms with Crippen LogP contribution in [0.5, 0.6) is 0 Å². The number of hydrogen-bond donors (Lipinski definition) is 1. The molecule has 1 aliphatic rings. The Balaban J connectivity index is 1.95. The fourth-order valence-electron chi connectivity index (χ4n) is 3.94. The van der Waals surface area contributed by atoms with E-state index in [0.29, 0.717) is 17.8 Å². The Kier molecular flexibility index (Phi) is 3.91. The average Bonchev–Trinajstić information content (AvgIpc) is 2.90. The number of amides is 1. The molecule has 0 bridgehead atoms. The first kappa shape index (κ1) is 16.6. The molecule has 0 spiro atoms. The number of nitrogens with zero attached hydrogens (tertiary/aromatic N) is 2. The Morgan fingerprint density at radius 3 is 2.58 bits per heavy atom. The van der Waals surface area contributed by atoms with Crippen LogP contribution in [-0.4, -0.2) is 22.3 Å². The second-order valence-electron chi connectivity index (χ2n) is 7.15. The van der Waals surface area contributed by atoms with Crippen molar-refractivity contribution in [3.05, 3.63) is 58.8 Å². The van der Waals surface area contributed by atoms with Gasteiger partial charge in [0.1, 0.15) is 0 Å². The highest BCUT2D eigenvalue weighted by molar-refractivity contribution is 6.11. The van der Waals surface area contributed by atoms with E-state index in [1.807, 2.05) is 17.0 Å². The maximum Gasteiger partial charge on any atom is 0.258 e. The Bertz CT molecular complexity index is 1020. The zero-order valence-electron chi connectivity index (χ0n) is 15.5. The fraction of sp³-hybridized carbons (Fsp3) is 0.273. The second-order valence-corrected chi connectivity index (χ2v) is 7.15. The lowest BCUT2D eigenvalue weighted by molar-refractivity contribution is 0.0779. The smallest absolute Gasteiger partial charge is 0.258 e. The number of benzene rings is 2. The summed E-state index contributed by atoms with van der Waals surface area (Å²) in [6.45, 7) is 7.55. The molecule has 0 fully saturated rings. The molecule has 0 atom stereocenters. The van der Waals surface area contributed by atoms with Gasteiger partial charge in [0.15, 0.2) is 0 Å². The number of fused-ring (bicyclic) bond motifs is 2. The summed E-state index contributed by atoms with van der Waals surface area (Å²) in [5.74, 6) is 0.00514. The standard InChI is InChI=1S/C22H23N3O/c1-4-8-25-12-18-19(22(25)26)20(23)17-7-5-6-16(21(17)24-18)15-10-13(2)9-14(3)11-15/h5-7,9-11H,4,8,12H2,1-3H3,(H2,23,24). The molecule has 1 amide bonds. The molecule has 2 heterocycles. The zero-order valence-corrected chi connectivity index (χ0v) is 15.5. The van der Waals surface area contributed by atoms with Crippen molar-refractivity contribution < 1.29 is 4.79 Å². The van der Waals surface area contributed by atoms with Crippen molar-refractivity contribution in [3.8, 4) is 11.1 Å².